The number of furan rings is 1. The second kappa shape index (κ2) is 7.29. The van der Waals surface area contributed by atoms with Gasteiger partial charge in [0.05, 0.1) is 0 Å². The molecule has 2 rings (SSSR count). The van der Waals surface area contributed by atoms with Crippen molar-refractivity contribution in [1.82, 2.24) is 5.06 Å². The van der Waals surface area contributed by atoms with E-state index in [1.165, 1.54) is 12.1 Å². The molecule has 0 bridgehead atoms. The lowest BCUT2D eigenvalue weighted by molar-refractivity contribution is -0.0591. The summed E-state index contributed by atoms with van der Waals surface area (Å²) in [5.74, 6) is 3.02. The van der Waals surface area contributed by atoms with Crippen molar-refractivity contribution in [1.29, 1.82) is 0 Å². The Morgan fingerprint density at radius 3 is 2.65 bits per heavy atom. The number of carbonyl (C=O) groups excluding carboxylic acids is 1. The molecule has 0 spiro atoms. The molecule has 1 atom stereocenters. The molecular weight excluding hydrogens is 299 g/mol. The molecule has 0 fully saturated rings. The number of carbonyl (C=O) groups is 1. The number of rotatable bonds is 5. The summed E-state index contributed by atoms with van der Waals surface area (Å²) in [5, 5.41) is 9.75. The molecule has 0 aliphatic carbocycles. The number of nitrogens with two attached hydrogens (primary N) is 1. The van der Waals surface area contributed by atoms with Crippen LogP contribution in [0, 0.1) is 18.2 Å². The van der Waals surface area contributed by atoms with E-state index < -0.39 is 12.1 Å². The van der Waals surface area contributed by atoms with Crippen LogP contribution in [0.2, 0.25) is 0 Å². The van der Waals surface area contributed by atoms with Gasteiger partial charge in [-0.3, -0.25) is 5.21 Å². The van der Waals surface area contributed by atoms with Gasteiger partial charge in [0.25, 0.3) is 0 Å². The van der Waals surface area contributed by atoms with Crippen LogP contribution in [0.5, 0.6) is 0 Å². The number of terminal acetylenes is 1. The molecule has 1 heterocycles. The summed E-state index contributed by atoms with van der Waals surface area (Å²) < 4.78 is 18.4. The molecule has 0 radical (unpaired) electrons. The minimum Gasteiger partial charge on any atom is -0.462 e. The molecule has 0 aliphatic heterocycles. The number of amides is 2. The van der Waals surface area contributed by atoms with Crippen LogP contribution in [-0.2, 0) is 6.42 Å². The van der Waals surface area contributed by atoms with Crippen LogP contribution in [-0.4, -0.2) is 22.3 Å². The molecule has 0 saturated carbocycles. The fourth-order valence-corrected chi connectivity index (χ4v) is 1.91. The SMILES string of the molecule is C#CC(Cc1ccc(/C=C/c2ccc(F)cc2)o1)N(O)C(N)=O. The van der Waals surface area contributed by atoms with E-state index in [0.29, 0.717) is 11.5 Å². The third-order valence-corrected chi connectivity index (χ3v) is 3.10. The summed E-state index contributed by atoms with van der Waals surface area (Å²) in [4.78, 5) is 10.9. The van der Waals surface area contributed by atoms with Gasteiger partial charge in [-0.15, -0.1) is 6.42 Å². The Hall–Kier alpha value is -3.04. The average molecular weight is 314 g/mol. The molecule has 0 aliphatic rings. The summed E-state index contributed by atoms with van der Waals surface area (Å²) in [7, 11) is 0. The Morgan fingerprint density at radius 1 is 1.35 bits per heavy atom. The monoisotopic (exact) mass is 314 g/mol. The van der Waals surface area contributed by atoms with Crippen molar-refractivity contribution in [3.8, 4) is 12.3 Å². The largest absolute Gasteiger partial charge is 0.462 e. The molecular formula is C17H15FN2O3. The van der Waals surface area contributed by atoms with Gasteiger partial charge in [0.1, 0.15) is 23.4 Å². The van der Waals surface area contributed by atoms with E-state index in [0.717, 1.165) is 5.56 Å². The summed E-state index contributed by atoms with van der Waals surface area (Å²) in [6.07, 6.45) is 8.87. The first-order valence-electron chi connectivity index (χ1n) is 6.75. The number of hydrogen-bond donors (Lipinski definition) is 2. The highest BCUT2D eigenvalue weighted by Crippen LogP contribution is 2.15. The Kier molecular flexibility index (Phi) is 5.18. The van der Waals surface area contributed by atoms with Crippen LogP contribution in [0.25, 0.3) is 12.2 Å². The zero-order valence-electron chi connectivity index (χ0n) is 12.1. The van der Waals surface area contributed by atoms with Gasteiger partial charge in [0.15, 0.2) is 0 Å². The smallest absolute Gasteiger partial charge is 0.339 e. The third kappa shape index (κ3) is 4.46. The molecule has 6 heteroatoms. The second-order valence-corrected chi connectivity index (χ2v) is 4.76. The molecule has 3 N–H and O–H groups in total. The first-order chi connectivity index (χ1) is 11.0. The number of primary amides is 1. The molecule has 118 valence electrons. The van der Waals surface area contributed by atoms with Crippen LogP contribution in [0.4, 0.5) is 9.18 Å². The van der Waals surface area contributed by atoms with E-state index in [1.54, 1.807) is 36.4 Å². The van der Waals surface area contributed by atoms with Crippen molar-refractivity contribution in [3.05, 3.63) is 59.3 Å². The molecule has 1 aromatic heterocycles. The van der Waals surface area contributed by atoms with Crippen molar-refractivity contribution in [2.75, 3.05) is 0 Å². The van der Waals surface area contributed by atoms with E-state index in [9.17, 15) is 14.4 Å². The lowest BCUT2D eigenvalue weighted by Crippen LogP contribution is -2.41. The second-order valence-electron chi connectivity index (χ2n) is 4.76. The summed E-state index contributed by atoms with van der Waals surface area (Å²) in [6.45, 7) is 0. The Morgan fingerprint density at radius 2 is 2.04 bits per heavy atom. The molecule has 23 heavy (non-hydrogen) atoms. The highest BCUT2D eigenvalue weighted by molar-refractivity contribution is 5.71. The number of hydroxylamine groups is 2. The quantitative estimate of drug-likeness (QED) is 0.506. The van der Waals surface area contributed by atoms with E-state index in [4.69, 9.17) is 16.6 Å². The van der Waals surface area contributed by atoms with Gasteiger partial charge in [-0.25, -0.2) is 9.18 Å². The van der Waals surface area contributed by atoms with Crippen molar-refractivity contribution in [3.63, 3.8) is 0 Å². The van der Waals surface area contributed by atoms with Crippen molar-refractivity contribution >= 4 is 18.2 Å². The number of hydrogen-bond acceptors (Lipinski definition) is 3. The third-order valence-electron chi connectivity index (χ3n) is 3.10. The van der Waals surface area contributed by atoms with Crippen LogP contribution in [0.1, 0.15) is 17.1 Å². The molecule has 5 nitrogen and oxygen atoms in total. The maximum absolute atomic E-state index is 12.8. The maximum Gasteiger partial charge on any atom is 0.339 e. The predicted octanol–water partition coefficient (Wildman–Crippen LogP) is 2.90. The van der Waals surface area contributed by atoms with Crippen molar-refractivity contribution in [2.24, 2.45) is 5.73 Å². The van der Waals surface area contributed by atoms with Crippen LogP contribution in [0.15, 0.2) is 40.8 Å². The van der Waals surface area contributed by atoms with Gasteiger partial charge in [0, 0.05) is 6.42 Å². The topological polar surface area (TPSA) is 79.7 Å². The Balaban J connectivity index is 2.04. The standard InChI is InChI=1S/C17H15FN2O3/c1-2-14(20(22)17(19)21)11-16-10-9-15(23-16)8-5-12-3-6-13(18)7-4-12/h1,3-10,14,22H,11H2,(H2,19,21)/b8-5+. The number of urea groups is 1. The van der Waals surface area contributed by atoms with Gasteiger partial charge >= 0.3 is 6.03 Å². The molecule has 1 unspecified atom stereocenters. The first kappa shape index (κ1) is 16.3. The lowest BCUT2D eigenvalue weighted by Gasteiger charge is -2.18. The van der Waals surface area contributed by atoms with Gasteiger partial charge in [0.2, 0.25) is 0 Å². The summed E-state index contributed by atoms with van der Waals surface area (Å²) in [6, 6.07) is 7.47. The summed E-state index contributed by atoms with van der Waals surface area (Å²) in [5.41, 5.74) is 5.79. The molecule has 2 aromatic rings. The number of benzene rings is 1. The van der Waals surface area contributed by atoms with Gasteiger partial charge in [-0.05, 0) is 35.9 Å². The summed E-state index contributed by atoms with van der Waals surface area (Å²) >= 11 is 0. The fourth-order valence-electron chi connectivity index (χ4n) is 1.91. The van der Waals surface area contributed by atoms with E-state index >= 15 is 0 Å². The maximum atomic E-state index is 12.8. The highest BCUT2D eigenvalue weighted by atomic mass is 19.1. The normalized spacial score (nSPS) is 12.0. The minimum absolute atomic E-state index is 0.125. The predicted molar refractivity (Wildman–Crippen MR) is 83.6 cm³/mol. The zero-order chi connectivity index (χ0) is 16.8. The van der Waals surface area contributed by atoms with Gasteiger partial charge in [-0.2, -0.15) is 5.06 Å². The minimum atomic E-state index is -1.03. The lowest BCUT2D eigenvalue weighted by atomic mass is 10.2. The fraction of sp³-hybridized carbons (Fsp3) is 0.118. The number of nitrogens with zero attached hydrogens (tertiary/aromatic N) is 1. The molecule has 2 amide bonds. The molecule has 1 aromatic carbocycles. The van der Waals surface area contributed by atoms with Crippen LogP contribution in [0.3, 0.4) is 0 Å². The van der Waals surface area contributed by atoms with E-state index in [2.05, 4.69) is 5.92 Å². The average Bonchev–Trinajstić information content (AvgIpc) is 2.99. The van der Waals surface area contributed by atoms with Gasteiger partial charge in [-0.1, -0.05) is 24.1 Å². The van der Waals surface area contributed by atoms with Crippen molar-refractivity contribution < 1.29 is 18.8 Å². The highest BCUT2D eigenvalue weighted by Gasteiger charge is 2.19. The van der Waals surface area contributed by atoms with E-state index in [1.807, 2.05) is 0 Å². The molecule has 0 saturated heterocycles. The van der Waals surface area contributed by atoms with E-state index in [-0.39, 0.29) is 17.3 Å². The Bertz CT molecular complexity index is 744. The first-order valence-corrected chi connectivity index (χ1v) is 6.75. The van der Waals surface area contributed by atoms with Crippen LogP contribution < -0.4 is 5.73 Å². The zero-order valence-corrected chi connectivity index (χ0v) is 12.1. The van der Waals surface area contributed by atoms with Crippen LogP contribution >= 0.6 is 0 Å². The number of halogens is 1. The van der Waals surface area contributed by atoms with Crippen molar-refractivity contribution in [2.45, 2.75) is 12.5 Å². The Labute approximate surface area is 132 Å². The van der Waals surface area contributed by atoms with Gasteiger partial charge < -0.3 is 10.2 Å².